The number of carboxylic acid groups (broad SMARTS) is 1. The molecule has 0 bridgehead atoms. The highest BCUT2D eigenvalue weighted by Crippen LogP contribution is 2.22. The summed E-state index contributed by atoms with van der Waals surface area (Å²) in [7, 11) is 0. The normalized spacial score (nSPS) is 19.0. The Balaban J connectivity index is 1.86. The molecule has 2 heterocycles. The largest absolute Gasteiger partial charge is 0.481 e. The van der Waals surface area contributed by atoms with Crippen LogP contribution in [-0.2, 0) is 16.0 Å². The molecule has 4 nitrogen and oxygen atoms in total. The zero-order chi connectivity index (χ0) is 14.4. The number of piperidine rings is 1. The van der Waals surface area contributed by atoms with Crippen molar-refractivity contribution >= 4 is 23.2 Å². The molecule has 0 aliphatic carbocycles. The molecule has 1 saturated heterocycles. The Morgan fingerprint density at radius 1 is 1.35 bits per heavy atom. The lowest BCUT2D eigenvalue weighted by molar-refractivity contribution is -0.140. The van der Waals surface area contributed by atoms with Crippen LogP contribution in [0.1, 0.15) is 43.4 Å². The maximum atomic E-state index is 12.3. The van der Waals surface area contributed by atoms with E-state index in [1.807, 2.05) is 16.3 Å². The number of hydrogen-bond donors (Lipinski definition) is 1. The standard InChI is InChI=1S/C15H21NO3S/c17-14(8-7-13-5-3-11-20-13)16-10-2-1-4-12(16)6-9-15(18)19/h3,5,11-12H,1-2,4,6-10H2,(H,18,19)/t12-/m1/s1. The molecule has 1 fully saturated rings. The van der Waals surface area contributed by atoms with Crippen LogP contribution in [0.15, 0.2) is 17.5 Å². The van der Waals surface area contributed by atoms with Gasteiger partial charge in [-0.2, -0.15) is 0 Å². The van der Waals surface area contributed by atoms with Crippen LogP contribution in [0.2, 0.25) is 0 Å². The van der Waals surface area contributed by atoms with Crippen molar-refractivity contribution in [2.75, 3.05) is 6.54 Å². The molecule has 0 radical (unpaired) electrons. The second kappa shape index (κ2) is 7.43. The molecule has 1 amide bonds. The van der Waals surface area contributed by atoms with Gasteiger partial charge in [0.1, 0.15) is 0 Å². The first-order valence-corrected chi connectivity index (χ1v) is 8.08. The van der Waals surface area contributed by atoms with Crippen LogP contribution in [-0.4, -0.2) is 34.5 Å². The SMILES string of the molecule is O=C(O)CC[C@H]1CCCCN1C(=O)CCc1cccs1. The number of hydrogen-bond acceptors (Lipinski definition) is 3. The maximum Gasteiger partial charge on any atom is 0.303 e. The fraction of sp³-hybridized carbons (Fsp3) is 0.600. The minimum atomic E-state index is -0.776. The topological polar surface area (TPSA) is 57.6 Å². The molecule has 0 saturated carbocycles. The lowest BCUT2D eigenvalue weighted by atomic mass is 9.97. The van der Waals surface area contributed by atoms with Crippen LogP contribution in [0.3, 0.4) is 0 Å². The number of amides is 1. The summed E-state index contributed by atoms with van der Waals surface area (Å²) in [5, 5.41) is 10.8. The van der Waals surface area contributed by atoms with Gasteiger partial charge in [-0.25, -0.2) is 0 Å². The summed E-state index contributed by atoms with van der Waals surface area (Å²) in [6, 6.07) is 4.17. The van der Waals surface area contributed by atoms with E-state index in [4.69, 9.17) is 5.11 Å². The maximum absolute atomic E-state index is 12.3. The van der Waals surface area contributed by atoms with Crippen LogP contribution in [0.4, 0.5) is 0 Å². The van der Waals surface area contributed by atoms with Crippen LogP contribution in [0, 0.1) is 0 Å². The van der Waals surface area contributed by atoms with Crippen molar-refractivity contribution < 1.29 is 14.7 Å². The summed E-state index contributed by atoms with van der Waals surface area (Å²) < 4.78 is 0. The first kappa shape index (κ1) is 15.0. The summed E-state index contributed by atoms with van der Waals surface area (Å²) in [6.45, 7) is 0.785. The number of nitrogens with zero attached hydrogens (tertiary/aromatic N) is 1. The lowest BCUT2D eigenvalue weighted by Gasteiger charge is -2.35. The van der Waals surface area contributed by atoms with E-state index in [1.54, 1.807) is 11.3 Å². The highest BCUT2D eigenvalue weighted by Gasteiger charge is 2.26. The molecule has 1 atom stereocenters. The van der Waals surface area contributed by atoms with Crippen molar-refractivity contribution in [3.63, 3.8) is 0 Å². The summed E-state index contributed by atoms with van der Waals surface area (Å²) in [5.41, 5.74) is 0. The van der Waals surface area contributed by atoms with Crippen molar-refractivity contribution in [3.05, 3.63) is 22.4 Å². The van der Waals surface area contributed by atoms with Crippen molar-refractivity contribution in [1.29, 1.82) is 0 Å². The Morgan fingerprint density at radius 2 is 2.20 bits per heavy atom. The molecule has 0 spiro atoms. The quantitative estimate of drug-likeness (QED) is 0.878. The Morgan fingerprint density at radius 3 is 2.90 bits per heavy atom. The van der Waals surface area contributed by atoms with Crippen molar-refractivity contribution in [1.82, 2.24) is 4.90 Å². The Kier molecular flexibility index (Phi) is 5.59. The van der Waals surface area contributed by atoms with Gasteiger partial charge in [-0.1, -0.05) is 6.07 Å². The minimum absolute atomic E-state index is 0.121. The summed E-state index contributed by atoms with van der Waals surface area (Å²) >= 11 is 1.68. The van der Waals surface area contributed by atoms with Crippen molar-refractivity contribution in [3.8, 4) is 0 Å². The number of thiophene rings is 1. The monoisotopic (exact) mass is 295 g/mol. The number of aryl methyl sites for hydroxylation is 1. The number of aliphatic carboxylic acids is 1. The molecular weight excluding hydrogens is 274 g/mol. The van der Waals surface area contributed by atoms with Crippen LogP contribution < -0.4 is 0 Å². The molecule has 1 aliphatic heterocycles. The predicted octanol–water partition coefficient (Wildman–Crippen LogP) is 2.93. The molecule has 0 unspecified atom stereocenters. The van der Waals surface area contributed by atoms with E-state index in [0.717, 1.165) is 32.2 Å². The van der Waals surface area contributed by atoms with Gasteiger partial charge in [-0.15, -0.1) is 11.3 Å². The average molecular weight is 295 g/mol. The van der Waals surface area contributed by atoms with Gasteiger partial charge in [0, 0.05) is 30.3 Å². The Labute approximate surface area is 123 Å². The van der Waals surface area contributed by atoms with E-state index in [-0.39, 0.29) is 18.4 Å². The third-order valence-corrected chi connectivity index (χ3v) is 4.74. The smallest absolute Gasteiger partial charge is 0.303 e. The molecule has 0 aromatic carbocycles. The highest BCUT2D eigenvalue weighted by molar-refractivity contribution is 7.09. The van der Waals surface area contributed by atoms with Crippen LogP contribution >= 0.6 is 11.3 Å². The third kappa shape index (κ3) is 4.34. The third-order valence-electron chi connectivity index (χ3n) is 3.80. The minimum Gasteiger partial charge on any atom is -0.481 e. The molecular formula is C15H21NO3S. The van der Waals surface area contributed by atoms with E-state index >= 15 is 0 Å². The summed E-state index contributed by atoms with van der Waals surface area (Å²) in [5.74, 6) is -0.602. The summed E-state index contributed by atoms with van der Waals surface area (Å²) in [4.78, 5) is 26.2. The number of rotatable bonds is 6. The van der Waals surface area contributed by atoms with Crippen LogP contribution in [0.25, 0.3) is 0 Å². The number of carboxylic acids is 1. The van der Waals surface area contributed by atoms with E-state index in [0.29, 0.717) is 12.8 Å². The van der Waals surface area contributed by atoms with Crippen molar-refractivity contribution in [2.45, 2.75) is 51.0 Å². The number of carbonyl (C=O) groups is 2. The van der Waals surface area contributed by atoms with Crippen LogP contribution in [0.5, 0.6) is 0 Å². The zero-order valence-corrected chi connectivity index (χ0v) is 12.4. The molecule has 110 valence electrons. The Bertz CT molecular complexity index is 444. The van der Waals surface area contributed by atoms with Gasteiger partial charge in [-0.05, 0) is 43.6 Å². The second-order valence-corrected chi connectivity index (χ2v) is 6.28. The summed E-state index contributed by atoms with van der Waals surface area (Å²) in [6.07, 6.45) is 5.13. The predicted molar refractivity (Wildman–Crippen MR) is 78.9 cm³/mol. The molecule has 1 N–H and O–H groups in total. The van der Waals surface area contributed by atoms with Crippen molar-refractivity contribution in [2.24, 2.45) is 0 Å². The molecule has 20 heavy (non-hydrogen) atoms. The lowest BCUT2D eigenvalue weighted by Crippen LogP contribution is -2.44. The van der Waals surface area contributed by atoms with Gasteiger partial charge in [0.05, 0.1) is 0 Å². The fourth-order valence-electron chi connectivity index (χ4n) is 2.75. The van der Waals surface area contributed by atoms with E-state index in [9.17, 15) is 9.59 Å². The van der Waals surface area contributed by atoms with Gasteiger partial charge in [0.25, 0.3) is 0 Å². The Hall–Kier alpha value is -1.36. The van der Waals surface area contributed by atoms with Gasteiger partial charge in [0.2, 0.25) is 5.91 Å². The first-order chi connectivity index (χ1) is 9.66. The van der Waals surface area contributed by atoms with E-state index in [1.165, 1.54) is 4.88 Å². The van der Waals surface area contributed by atoms with Gasteiger partial charge >= 0.3 is 5.97 Å². The molecule has 1 aromatic heterocycles. The van der Waals surface area contributed by atoms with Gasteiger partial charge in [0.15, 0.2) is 0 Å². The molecule has 1 aromatic rings. The second-order valence-electron chi connectivity index (χ2n) is 5.25. The first-order valence-electron chi connectivity index (χ1n) is 7.20. The molecule has 2 rings (SSSR count). The zero-order valence-electron chi connectivity index (χ0n) is 11.6. The number of likely N-dealkylation sites (tertiary alicyclic amines) is 1. The average Bonchev–Trinajstić information content (AvgIpc) is 2.96. The number of carbonyl (C=O) groups excluding carboxylic acids is 1. The van der Waals surface area contributed by atoms with Gasteiger partial charge in [-0.3, -0.25) is 9.59 Å². The van der Waals surface area contributed by atoms with Gasteiger partial charge < -0.3 is 10.0 Å². The van der Waals surface area contributed by atoms with E-state index in [2.05, 4.69) is 6.07 Å². The highest BCUT2D eigenvalue weighted by atomic mass is 32.1. The van der Waals surface area contributed by atoms with E-state index < -0.39 is 5.97 Å². The fourth-order valence-corrected chi connectivity index (χ4v) is 3.46. The molecule has 5 heteroatoms. The molecule has 1 aliphatic rings.